The number of carbonyl (C=O) groups is 1. The van der Waals surface area contributed by atoms with E-state index in [1.54, 1.807) is 14.0 Å². The van der Waals surface area contributed by atoms with Crippen molar-refractivity contribution in [2.75, 3.05) is 7.11 Å². The summed E-state index contributed by atoms with van der Waals surface area (Å²) in [6.45, 7) is 1.74. The number of aromatic nitrogens is 2. The van der Waals surface area contributed by atoms with Gasteiger partial charge in [-0.3, -0.25) is 4.79 Å². The summed E-state index contributed by atoms with van der Waals surface area (Å²) in [7, 11) is 1.62. The van der Waals surface area contributed by atoms with Gasteiger partial charge in [0.1, 0.15) is 11.8 Å². The van der Waals surface area contributed by atoms with Crippen LogP contribution in [0.1, 0.15) is 61.8 Å². The lowest BCUT2D eigenvalue weighted by Gasteiger charge is -2.21. The Kier molecular flexibility index (Phi) is 5.68. The number of hydrogen-bond donors (Lipinski definition) is 1. The molecule has 1 aromatic carbocycles. The molecule has 0 spiro atoms. The van der Waals surface area contributed by atoms with E-state index >= 15 is 0 Å². The monoisotopic (exact) mass is 343 g/mol. The molecule has 1 amide bonds. The molecule has 3 rings (SSSR count). The van der Waals surface area contributed by atoms with Gasteiger partial charge in [0.05, 0.1) is 7.11 Å². The summed E-state index contributed by atoms with van der Waals surface area (Å²) in [6, 6.07) is 7.11. The first-order valence-corrected chi connectivity index (χ1v) is 8.92. The largest absolute Gasteiger partial charge is 0.496 e. The third-order valence-electron chi connectivity index (χ3n) is 4.76. The van der Waals surface area contributed by atoms with Crippen LogP contribution in [0.3, 0.4) is 0 Å². The molecule has 0 saturated heterocycles. The zero-order valence-corrected chi connectivity index (χ0v) is 14.8. The number of amides is 1. The second-order valence-corrected chi connectivity index (χ2v) is 6.54. The number of para-hydroxylation sites is 1. The minimum Gasteiger partial charge on any atom is -0.496 e. The van der Waals surface area contributed by atoms with Crippen molar-refractivity contribution in [3.63, 3.8) is 0 Å². The number of nitrogens with zero attached hydrogens (tertiary/aromatic N) is 2. The Bertz CT molecular complexity index is 705. The lowest BCUT2D eigenvalue weighted by molar-refractivity contribution is -0.126. The number of methoxy groups -OCH3 is 1. The van der Waals surface area contributed by atoms with E-state index < -0.39 is 6.04 Å². The topological polar surface area (TPSA) is 77.2 Å². The molecule has 6 nitrogen and oxygen atoms in total. The number of aryl methyl sites for hydroxylation is 1. The van der Waals surface area contributed by atoms with Gasteiger partial charge in [-0.25, -0.2) is 0 Å². The Morgan fingerprint density at radius 3 is 2.60 bits per heavy atom. The SMILES string of the molecule is COc1ccccc1[C@H](NC(=O)C1CCCCCC1)c1noc(C)n1. The highest BCUT2D eigenvalue weighted by Gasteiger charge is 2.28. The van der Waals surface area contributed by atoms with E-state index in [1.165, 1.54) is 12.8 Å². The number of carbonyl (C=O) groups excluding carboxylic acids is 1. The third kappa shape index (κ3) is 4.18. The fraction of sp³-hybridized carbons (Fsp3) is 0.526. The van der Waals surface area contributed by atoms with Gasteiger partial charge < -0.3 is 14.6 Å². The van der Waals surface area contributed by atoms with Gasteiger partial charge in [0.2, 0.25) is 11.8 Å². The zero-order valence-electron chi connectivity index (χ0n) is 14.8. The van der Waals surface area contributed by atoms with Crippen molar-refractivity contribution in [1.29, 1.82) is 0 Å². The second kappa shape index (κ2) is 8.14. The average Bonchev–Trinajstić information content (AvgIpc) is 2.89. The Hall–Kier alpha value is -2.37. The van der Waals surface area contributed by atoms with E-state index in [2.05, 4.69) is 15.5 Å². The van der Waals surface area contributed by atoms with E-state index in [0.717, 1.165) is 31.2 Å². The van der Waals surface area contributed by atoms with Crippen molar-refractivity contribution < 1.29 is 14.1 Å². The molecule has 6 heteroatoms. The predicted molar refractivity (Wildman–Crippen MR) is 93.2 cm³/mol. The molecule has 2 aromatic rings. The molecule has 25 heavy (non-hydrogen) atoms. The molecule has 1 heterocycles. The maximum absolute atomic E-state index is 12.9. The lowest BCUT2D eigenvalue weighted by Crippen LogP contribution is -2.35. The van der Waals surface area contributed by atoms with Crippen LogP contribution in [0.4, 0.5) is 0 Å². The summed E-state index contributed by atoms with van der Waals surface area (Å²) in [4.78, 5) is 17.2. The fourth-order valence-electron chi connectivity index (χ4n) is 3.42. The van der Waals surface area contributed by atoms with Gasteiger partial charge in [0, 0.05) is 18.4 Å². The molecule has 1 saturated carbocycles. The van der Waals surface area contributed by atoms with Crippen molar-refractivity contribution in [2.45, 2.75) is 51.5 Å². The maximum atomic E-state index is 12.9. The van der Waals surface area contributed by atoms with E-state index in [9.17, 15) is 4.79 Å². The molecule has 1 atom stereocenters. The van der Waals surface area contributed by atoms with Gasteiger partial charge in [0.15, 0.2) is 5.82 Å². The summed E-state index contributed by atoms with van der Waals surface area (Å²) >= 11 is 0. The minimum absolute atomic E-state index is 0.0488. The second-order valence-electron chi connectivity index (χ2n) is 6.54. The summed E-state index contributed by atoms with van der Waals surface area (Å²) in [5, 5.41) is 7.16. The van der Waals surface area contributed by atoms with E-state index in [1.807, 2.05) is 24.3 Å². The van der Waals surface area contributed by atoms with E-state index in [0.29, 0.717) is 17.5 Å². The molecular formula is C19H25N3O3. The molecule has 0 bridgehead atoms. The van der Waals surface area contributed by atoms with Crippen LogP contribution in [0, 0.1) is 12.8 Å². The van der Waals surface area contributed by atoms with Crippen LogP contribution >= 0.6 is 0 Å². The first-order chi connectivity index (χ1) is 12.2. The van der Waals surface area contributed by atoms with Crippen LogP contribution in [0.15, 0.2) is 28.8 Å². The highest BCUT2D eigenvalue weighted by Crippen LogP contribution is 2.30. The molecule has 1 aromatic heterocycles. The Morgan fingerprint density at radius 1 is 1.24 bits per heavy atom. The normalized spacial score (nSPS) is 16.9. The molecule has 0 radical (unpaired) electrons. The highest BCUT2D eigenvalue weighted by atomic mass is 16.5. The number of benzene rings is 1. The number of rotatable bonds is 5. The first-order valence-electron chi connectivity index (χ1n) is 8.92. The summed E-state index contributed by atoms with van der Waals surface area (Å²) in [5.41, 5.74) is 0.827. The molecule has 1 fully saturated rings. The molecule has 1 aliphatic rings. The van der Waals surface area contributed by atoms with E-state index in [-0.39, 0.29) is 11.8 Å². The van der Waals surface area contributed by atoms with Gasteiger partial charge in [-0.15, -0.1) is 0 Å². The van der Waals surface area contributed by atoms with Crippen LogP contribution < -0.4 is 10.1 Å². The Labute approximate surface area is 148 Å². The molecular weight excluding hydrogens is 318 g/mol. The summed E-state index contributed by atoms with van der Waals surface area (Å²) in [6.07, 6.45) is 6.52. The van der Waals surface area contributed by atoms with Gasteiger partial charge in [-0.2, -0.15) is 4.98 Å². The van der Waals surface area contributed by atoms with E-state index in [4.69, 9.17) is 9.26 Å². The fourth-order valence-corrected chi connectivity index (χ4v) is 3.42. The van der Waals surface area contributed by atoms with Crippen molar-refractivity contribution in [2.24, 2.45) is 5.92 Å². The molecule has 1 aliphatic carbocycles. The molecule has 134 valence electrons. The first kappa shape index (κ1) is 17.5. The van der Waals surface area contributed by atoms with Crippen molar-refractivity contribution in [3.05, 3.63) is 41.5 Å². The molecule has 1 N–H and O–H groups in total. The van der Waals surface area contributed by atoms with Crippen LogP contribution in [0.2, 0.25) is 0 Å². The highest BCUT2D eigenvalue weighted by molar-refractivity contribution is 5.79. The van der Waals surface area contributed by atoms with Gasteiger partial charge in [0.25, 0.3) is 0 Å². The zero-order chi connectivity index (χ0) is 17.6. The standard InChI is InChI=1S/C19H25N3O3/c1-13-20-18(22-25-13)17(15-11-7-8-12-16(15)24-2)21-19(23)14-9-5-3-4-6-10-14/h7-8,11-12,14,17H,3-6,9-10H2,1-2H3,(H,21,23)/t17-/m0/s1. The number of hydrogen-bond acceptors (Lipinski definition) is 5. The summed E-state index contributed by atoms with van der Waals surface area (Å²) in [5.74, 6) is 1.71. The van der Waals surface area contributed by atoms with Crippen LogP contribution in [0.5, 0.6) is 5.75 Å². The smallest absolute Gasteiger partial charge is 0.223 e. The number of ether oxygens (including phenoxy) is 1. The van der Waals surface area contributed by atoms with Gasteiger partial charge in [-0.1, -0.05) is 49.0 Å². The Morgan fingerprint density at radius 2 is 1.96 bits per heavy atom. The third-order valence-corrected chi connectivity index (χ3v) is 4.76. The van der Waals surface area contributed by atoms with Crippen LogP contribution in [-0.2, 0) is 4.79 Å². The number of nitrogens with one attached hydrogen (secondary N) is 1. The molecule has 0 unspecified atom stereocenters. The lowest BCUT2D eigenvalue weighted by atomic mass is 9.97. The Balaban J connectivity index is 1.87. The average molecular weight is 343 g/mol. The predicted octanol–water partition coefficient (Wildman–Crippen LogP) is 3.56. The maximum Gasteiger partial charge on any atom is 0.223 e. The van der Waals surface area contributed by atoms with Crippen molar-refractivity contribution in [1.82, 2.24) is 15.5 Å². The quantitative estimate of drug-likeness (QED) is 0.840. The molecule has 0 aliphatic heterocycles. The minimum atomic E-state index is -0.482. The van der Waals surface area contributed by atoms with Crippen molar-refractivity contribution in [3.8, 4) is 5.75 Å². The van der Waals surface area contributed by atoms with Crippen LogP contribution in [0.25, 0.3) is 0 Å². The van der Waals surface area contributed by atoms with Crippen LogP contribution in [-0.4, -0.2) is 23.2 Å². The van der Waals surface area contributed by atoms with Gasteiger partial charge >= 0.3 is 0 Å². The van der Waals surface area contributed by atoms with Gasteiger partial charge in [-0.05, 0) is 18.9 Å². The summed E-state index contributed by atoms with van der Waals surface area (Å²) < 4.78 is 10.6. The van der Waals surface area contributed by atoms with Crippen molar-refractivity contribution >= 4 is 5.91 Å².